The van der Waals surface area contributed by atoms with Crippen LogP contribution in [-0.2, 0) is 0 Å². The second-order valence-corrected chi connectivity index (χ2v) is 4.36. The molecule has 0 aliphatic heterocycles. The van der Waals surface area contributed by atoms with E-state index in [0.717, 1.165) is 0 Å². The molecule has 98 valence electrons. The van der Waals surface area contributed by atoms with Crippen molar-refractivity contribution in [3.63, 3.8) is 0 Å². The van der Waals surface area contributed by atoms with Gasteiger partial charge in [0.2, 0.25) is 0 Å². The van der Waals surface area contributed by atoms with Crippen LogP contribution in [0.25, 0.3) is 0 Å². The Balaban J connectivity index is 2.27. The lowest BCUT2D eigenvalue weighted by Crippen LogP contribution is -2.13. The topological polar surface area (TPSA) is 64.3 Å². The van der Waals surface area contributed by atoms with Gasteiger partial charge in [-0.1, -0.05) is 17.7 Å². The van der Waals surface area contributed by atoms with Gasteiger partial charge < -0.3 is 15.8 Å². The van der Waals surface area contributed by atoms with E-state index in [4.69, 9.17) is 22.1 Å². The molecular formula is C14H13ClN2O2. The van der Waals surface area contributed by atoms with E-state index in [9.17, 15) is 4.79 Å². The van der Waals surface area contributed by atoms with E-state index >= 15 is 0 Å². The Morgan fingerprint density at radius 1 is 1.26 bits per heavy atom. The van der Waals surface area contributed by atoms with E-state index in [1.165, 1.54) is 7.11 Å². The molecule has 0 fully saturated rings. The average molecular weight is 277 g/mol. The summed E-state index contributed by atoms with van der Waals surface area (Å²) in [5.74, 6) is 0.163. The van der Waals surface area contributed by atoms with Crippen LogP contribution in [0.15, 0.2) is 42.5 Å². The summed E-state index contributed by atoms with van der Waals surface area (Å²) in [7, 11) is 1.50. The van der Waals surface area contributed by atoms with E-state index in [2.05, 4.69) is 5.32 Å². The number of amides is 1. The number of methoxy groups -OCH3 is 1. The predicted molar refractivity (Wildman–Crippen MR) is 76.8 cm³/mol. The third-order valence-corrected chi connectivity index (χ3v) is 2.79. The first-order valence-corrected chi connectivity index (χ1v) is 5.98. The maximum Gasteiger partial charge on any atom is 0.259 e. The molecule has 2 rings (SSSR count). The van der Waals surface area contributed by atoms with Gasteiger partial charge in [0.1, 0.15) is 5.75 Å². The van der Waals surface area contributed by atoms with Gasteiger partial charge in [0, 0.05) is 16.4 Å². The smallest absolute Gasteiger partial charge is 0.259 e. The Morgan fingerprint density at radius 2 is 2.05 bits per heavy atom. The average Bonchev–Trinajstić information content (AvgIpc) is 2.38. The molecular weight excluding hydrogens is 264 g/mol. The van der Waals surface area contributed by atoms with Crippen LogP contribution in [0.4, 0.5) is 11.4 Å². The van der Waals surface area contributed by atoms with E-state index in [1.54, 1.807) is 42.5 Å². The van der Waals surface area contributed by atoms with Gasteiger partial charge >= 0.3 is 0 Å². The minimum absolute atomic E-state index is 0.301. The monoisotopic (exact) mass is 276 g/mol. The maximum absolute atomic E-state index is 12.2. The number of hydrogen-bond donors (Lipinski definition) is 2. The highest BCUT2D eigenvalue weighted by Crippen LogP contribution is 2.24. The predicted octanol–water partition coefficient (Wildman–Crippen LogP) is 3.18. The van der Waals surface area contributed by atoms with Crippen LogP contribution >= 0.6 is 11.6 Å². The molecule has 4 nitrogen and oxygen atoms in total. The summed E-state index contributed by atoms with van der Waals surface area (Å²) in [6.07, 6.45) is 0. The Labute approximate surface area is 116 Å². The Morgan fingerprint density at radius 3 is 2.74 bits per heavy atom. The molecule has 0 aromatic heterocycles. The van der Waals surface area contributed by atoms with Gasteiger partial charge in [-0.3, -0.25) is 4.79 Å². The summed E-state index contributed by atoms with van der Waals surface area (Å²) >= 11 is 5.89. The number of ether oxygens (including phenoxy) is 1. The molecule has 2 aromatic rings. The number of rotatable bonds is 3. The van der Waals surface area contributed by atoms with Crippen molar-refractivity contribution in [2.24, 2.45) is 0 Å². The summed E-state index contributed by atoms with van der Waals surface area (Å²) in [4.78, 5) is 12.2. The van der Waals surface area contributed by atoms with Crippen LogP contribution in [0.3, 0.4) is 0 Å². The third-order valence-electron chi connectivity index (χ3n) is 2.55. The molecule has 5 heteroatoms. The lowest BCUT2D eigenvalue weighted by atomic mass is 10.1. The summed E-state index contributed by atoms with van der Waals surface area (Å²) in [5, 5.41) is 3.21. The summed E-state index contributed by atoms with van der Waals surface area (Å²) in [5.41, 5.74) is 7.23. The van der Waals surface area contributed by atoms with Gasteiger partial charge in [0.05, 0.1) is 12.7 Å². The van der Waals surface area contributed by atoms with Gasteiger partial charge in [0.25, 0.3) is 5.91 Å². The van der Waals surface area contributed by atoms with Gasteiger partial charge in [-0.05, 0) is 36.4 Å². The van der Waals surface area contributed by atoms with Crippen molar-refractivity contribution >= 4 is 28.9 Å². The van der Waals surface area contributed by atoms with Crippen molar-refractivity contribution in [3.05, 3.63) is 53.1 Å². The SMILES string of the molecule is COc1ccc(Cl)cc1C(=O)Nc1cccc(N)c1. The lowest BCUT2D eigenvalue weighted by Gasteiger charge is -2.10. The standard InChI is InChI=1S/C14H13ClN2O2/c1-19-13-6-5-9(15)7-12(13)14(18)17-11-4-2-3-10(16)8-11/h2-8H,16H2,1H3,(H,17,18). The first kappa shape index (κ1) is 13.2. The molecule has 0 heterocycles. The fourth-order valence-electron chi connectivity index (χ4n) is 1.67. The van der Waals surface area contributed by atoms with Crippen molar-refractivity contribution < 1.29 is 9.53 Å². The van der Waals surface area contributed by atoms with Crippen molar-refractivity contribution in [2.75, 3.05) is 18.2 Å². The fraction of sp³-hybridized carbons (Fsp3) is 0.0714. The molecule has 0 radical (unpaired) electrons. The number of hydrogen-bond acceptors (Lipinski definition) is 3. The zero-order chi connectivity index (χ0) is 13.8. The fourth-order valence-corrected chi connectivity index (χ4v) is 1.84. The number of halogens is 1. The van der Waals surface area contributed by atoms with Gasteiger partial charge in [-0.25, -0.2) is 0 Å². The number of anilines is 2. The van der Waals surface area contributed by atoms with E-state index in [-0.39, 0.29) is 5.91 Å². The highest BCUT2D eigenvalue weighted by atomic mass is 35.5. The quantitative estimate of drug-likeness (QED) is 0.846. The summed E-state index contributed by atoms with van der Waals surface area (Å²) < 4.78 is 5.14. The first-order chi connectivity index (χ1) is 9.10. The van der Waals surface area contributed by atoms with Gasteiger partial charge in [-0.2, -0.15) is 0 Å². The molecule has 0 spiro atoms. The summed E-state index contributed by atoms with van der Waals surface area (Å²) in [6.45, 7) is 0. The molecule has 0 aliphatic carbocycles. The van der Waals surface area contributed by atoms with Crippen LogP contribution in [0, 0.1) is 0 Å². The third kappa shape index (κ3) is 3.17. The summed E-state index contributed by atoms with van der Waals surface area (Å²) in [6, 6.07) is 11.8. The Kier molecular flexibility index (Phi) is 3.92. The molecule has 0 saturated carbocycles. The van der Waals surface area contributed by atoms with Crippen LogP contribution < -0.4 is 15.8 Å². The molecule has 2 aromatic carbocycles. The van der Waals surface area contributed by atoms with Crippen LogP contribution in [0.1, 0.15) is 10.4 Å². The van der Waals surface area contributed by atoms with Crippen molar-refractivity contribution in [1.29, 1.82) is 0 Å². The number of nitrogens with one attached hydrogen (secondary N) is 1. The van der Waals surface area contributed by atoms with E-state index in [1.807, 2.05) is 0 Å². The number of nitrogens with two attached hydrogens (primary N) is 1. The molecule has 0 aliphatic rings. The van der Waals surface area contributed by atoms with Crippen molar-refractivity contribution in [2.45, 2.75) is 0 Å². The second-order valence-electron chi connectivity index (χ2n) is 3.92. The number of carbonyl (C=O) groups is 1. The van der Waals surface area contributed by atoms with E-state index in [0.29, 0.717) is 27.7 Å². The van der Waals surface area contributed by atoms with Crippen molar-refractivity contribution in [3.8, 4) is 5.75 Å². The zero-order valence-electron chi connectivity index (χ0n) is 10.3. The molecule has 0 unspecified atom stereocenters. The minimum Gasteiger partial charge on any atom is -0.496 e. The first-order valence-electron chi connectivity index (χ1n) is 5.60. The number of nitrogen functional groups attached to an aromatic ring is 1. The van der Waals surface area contributed by atoms with Crippen LogP contribution in [-0.4, -0.2) is 13.0 Å². The minimum atomic E-state index is -0.301. The highest BCUT2D eigenvalue weighted by Gasteiger charge is 2.13. The number of benzene rings is 2. The second kappa shape index (κ2) is 5.63. The molecule has 19 heavy (non-hydrogen) atoms. The molecule has 0 saturated heterocycles. The Hall–Kier alpha value is -2.20. The van der Waals surface area contributed by atoms with Crippen molar-refractivity contribution in [1.82, 2.24) is 0 Å². The highest BCUT2D eigenvalue weighted by molar-refractivity contribution is 6.31. The molecule has 1 amide bonds. The number of carbonyl (C=O) groups excluding carboxylic acids is 1. The van der Waals surface area contributed by atoms with Crippen LogP contribution in [0.5, 0.6) is 5.75 Å². The van der Waals surface area contributed by atoms with Gasteiger partial charge in [-0.15, -0.1) is 0 Å². The van der Waals surface area contributed by atoms with E-state index < -0.39 is 0 Å². The zero-order valence-corrected chi connectivity index (χ0v) is 11.1. The lowest BCUT2D eigenvalue weighted by molar-refractivity contribution is 0.102. The molecule has 3 N–H and O–H groups in total. The maximum atomic E-state index is 12.2. The molecule has 0 bridgehead atoms. The largest absolute Gasteiger partial charge is 0.496 e. The van der Waals surface area contributed by atoms with Gasteiger partial charge in [0.15, 0.2) is 0 Å². The van der Waals surface area contributed by atoms with Crippen LogP contribution in [0.2, 0.25) is 5.02 Å². The Bertz CT molecular complexity index is 614. The normalized spacial score (nSPS) is 10.0. The molecule has 0 atom stereocenters.